The number of benzene rings is 2. The second-order valence-electron chi connectivity index (χ2n) is 6.48. The zero-order valence-electron chi connectivity index (χ0n) is 14.7. The van der Waals surface area contributed by atoms with Gasteiger partial charge in [0.05, 0.1) is 17.5 Å². The predicted molar refractivity (Wildman–Crippen MR) is 104 cm³/mol. The third-order valence-corrected chi connectivity index (χ3v) is 6.15. The van der Waals surface area contributed by atoms with Crippen LogP contribution in [0.2, 0.25) is 0 Å². The number of sulfonamides is 1. The van der Waals surface area contributed by atoms with Crippen molar-refractivity contribution in [2.45, 2.75) is 24.7 Å². The zero-order chi connectivity index (χ0) is 18.7. The molecule has 27 heavy (non-hydrogen) atoms. The lowest BCUT2D eigenvalue weighted by Crippen LogP contribution is -2.31. The van der Waals surface area contributed by atoms with E-state index >= 15 is 0 Å². The number of hydrogen-bond donors (Lipinski definition) is 2. The van der Waals surface area contributed by atoms with Crippen LogP contribution in [-0.4, -0.2) is 32.8 Å². The van der Waals surface area contributed by atoms with Crippen LogP contribution >= 0.6 is 0 Å². The molecule has 0 atom stereocenters. The highest BCUT2D eigenvalue weighted by Crippen LogP contribution is 2.32. The number of nitrogens with one attached hydrogen (secondary N) is 2. The van der Waals surface area contributed by atoms with E-state index in [1.54, 1.807) is 18.2 Å². The SMILES string of the molecule is O=S(=O)(Nc1ccc2c(c1)COC(NCCOc1ccccc1)=N2)C1CC1. The average Bonchev–Trinajstić information content (AvgIpc) is 3.52. The fourth-order valence-corrected chi connectivity index (χ4v) is 4.10. The van der Waals surface area contributed by atoms with Crippen molar-refractivity contribution in [3.05, 3.63) is 54.1 Å². The van der Waals surface area contributed by atoms with Gasteiger partial charge in [-0.1, -0.05) is 18.2 Å². The van der Waals surface area contributed by atoms with Gasteiger partial charge in [0.1, 0.15) is 19.0 Å². The van der Waals surface area contributed by atoms with E-state index in [4.69, 9.17) is 9.47 Å². The summed E-state index contributed by atoms with van der Waals surface area (Å²) in [6, 6.07) is 15.3. The second kappa shape index (κ2) is 7.48. The Kier molecular flexibility index (Phi) is 4.89. The molecule has 0 radical (unpaired) electrons. The highest BCUT2D eigenvalue weighted by molar-refractivity contribution is 7.93. The fraction of sp³-hybridized carbons (Fsp3) is 0.316. The summed E-state index contributed by atoms with van der Waals surface area (Å²) in [6.45, 7) is 1.38. The molecule has 0 spiro atoms. The molecule has 2 aromatic rings. The topological polar surface area (TPSA) is 89.0 Å². The molecule has 0 unspecified atom stereocenters. The molecule has 1 fully saturated rings. The monoisotopic (exact) mass is 387 g/mol. The molecule has 2 N–H and O–H groups in total. The van der Waals surface area contributed by atoms with E-state index in [0.29, 0.717) is 31.5 Å². The standard InChI is InChI=1S/C19H21N3O4S/c23-27(24,17-7-8-17)22-15-6-9-18-14(12-15)13-26-19(21-18)20-10-11-25-16-4-2-1-3-5-16/h1-6,9,12,17,22H,7-8,10-11,13H2,(H,20,21). The van der Waals surface area contributed by atoms with E-state index < -0.39 is 10.0 Å². The molecule has 1 saturated carbocycles. The summed E-state index contributed by atoms with van der Waals surface area (Å²) in [6.07, 6.45) is 1.47. The minimum absolute atomic E-state index is 0.253. The van der Waals surface area contributed by atoms with Gasteiger partial charge in [0, 0.05) is 11.3 Å². The lowest BCUT2D eigenvalue weighted by atomic mass is 10.1. The Morgan fingerprint density at radius 1 is 1.15 bits per heavy atom. The first kappa shape index (κ1) is 17.7. The van der Waals surface area contributed by atoms with Gasteiger partial charge in [-0.15, -0.1) is 0 Å². The van der Waals surface area contributed by atoms with Crippen LogP contribution in [-0.2, 0) is 21.4 Å². The molecular weight excluding hydrogens is 366 g/mol. The number of amidine groups is 1. The fourth-order valence-electron chi connectivity index (χ4n) is 2.72. The Bertz CT molecular complexity index is 941. The van der Waals surface area contributed by atoms with Crippen LogP contribution in [0.3, 0.4) is 0 Å². The summed E-state index contributed by atoms with van der Waals surface area (Å²) in [4.78, 5) is 4.43. The molecule has 1 heterocycles. The second-order valence-corrected chi connectivity index (χ2v) is 8.44. The van der Waals surface area contributed by atoms with Gasteiger partial charge in [-0.25, -0.2) is 8.42 Å². The smallest absolute Gasteiger partial charge is 0.290 e. The third-order valence-electron chi connectivity index (χ3n) is 4.28. The minimum atomic E-state index is -3.27. The van der Waals surface area contributed by atoms with Crippen molar-refractivity contribution in [1.82, 2.24) is 5.32 Å². The van der Waals surface area contributed by atoms with E-state index in [-0.39, 0.29) is 5.25 Å². The van der Waals surface area contributed by atoms with E-state index in [2.05, 4.69) is 15.0 Å². The van der Waals surface area contributed by atoms with E-state index in [1.807, 2.05) is 30.3 Å². The van der Waals surface area contributed by atoms with Gasteiger partial charge in [-0.05, 0) is 43.2 Å². The number of rotatable bonds is 7. The van der Waals surface area contributed by atoms with Crippen molar-refractivity contribution < 1.29 is 17.9 Å². The number of anilines is 1. The summed E-state index contributed by atoms with van der Waals surface area (Å²) in [5, 5.41) is 2.85. The van der Waals surface area contributed by atoms with Crippen molar-refractivity contribution in [3.63, 3.8) is 0 Å². The zero-order valence-corrected chi connectivity index (χ0v) is 15.5. The van der Waals surface area contributed by atoms with Crippen LogP contribution in [0.25, 0.3) is 0 Å². The molecule has 1 aliphatic carbocycles. The van der Waals surface area contributed by atoms with Crippen LogP contribution in [0, 0.1) is 0 Å². The molecule has 8 heteroatoms. The Morgan fingerprint density at radius 3 is 2.74 bits per heavy atom. The maximum absolute atomic E-state index is 12.0. The van der Waals surface area contributed by atoms with Gasteiger partial charge in [0.25, 0.3) is 6.02 Å². The first-order valence-electron chi connectivity index (χ1n) is 8.88. The molecule has 0 bridgehead atoms. The quantitative estimate of drug-likeness (QED) is 0.713. The van der Waals surface area contributed by atoms with Crippen molar-refractivity contribution in [3.8, 4) is 5.75 Å². The van der Waals surface area contributed by atoms with Gasteiger partial charge in [-0.3, -0.25) is 4.72 Å². The molecule has 0 amide bonds. The molecule has 1 aliphatic heterocycles. The highest BCUT2D eigenvalue weighted by Gasteiger charge is 2.35. The van der Waals surface area contributed by atoms with E-state index in [0.717, 1.165) is 29.8 Å². The van der Waals surface area contributed by atoms with Gasteiger partial charge >= 0.3 is 0 Å². The van der Waals surface area contributed by atoms with Crippen LogP contribution in [0.5, 0.6) is 5.75 Å². The molecule has 7 nitrogen and oxygen atoms in total. The van der Waals surface area contributed by atoms with Crippen LogP contribution in [0.15, 0.2) is 53.5 Å². The number of fused-ring (bicyclic) bond motifs is 1. The van der Waals surface area contributed by atoms with Crippen LogP contribution in [0.4, 0.5) is 11.4 Å². The summed E-state index contributed by atoms with van der Waals surface area (Å²) in [5.41, 5.74) is 2.16. The van der Waals surface area contributed by atoms with Gasteiger partial charge in [0.2, 0.25) is 10.0 Å². The Morgan fingerprint density at radius 2 is 1.96 bits per heavy atom. The van der Waals surface area contributed by atoms with Crippen molar-refractivity contribution >= 4 is 27.4 Å². The third kappa shape index (κ3) is 4.51. The summed E-state index contributed by atoms with van der Waals surface area (Å²) in [7, 11) is -3.27. The average molecular weight is 387 g/mol. The Hall–Kier alpha value is -2.74. The molecule has 142 valence electrons. The molecule has 0 saturated heterocycles. The van der Waals surface area contributed by atoms with Crippen LogP contribution < -0.4 is 14.8 Å². The number of para-hydroxylation sites is 1. The number of nitrogens with zero attached hydrogens (tertiary/aromatic N) is 1. The summed E-state index contributed by atoms with van der Waals surface area (Å²) >= 11 is 0. The largest absolute Gasteiger partial charge is 0.492 e. The number of aliphatic imine (C=N–C) groups is 1. The first-order chi connectivity index (χ1) is 13.1. The number of hydrogen-bond acceptors (Lipinski definition) is 6. The lowest BCUT2D eigenvalue weighted by Gasteiger charge is -2.19. The van der Waals surface area contributed by atoms with Crippen molar-refractivity contribution in [2.24, 2.45) is 4.99 Å². The molecule has 2 aliphatic rings. The van der Waals surface area contributed by atoms with Gasteiger partial charge in [-0.2, -0.15) is 4.99 Å². The summed E-state index contributed by atoms with van der Waals surface area (Å²) in [5.74, 6) is 0.817. The van der Waals surface area contributed by atoms with Crippen molar-refractivity contribution in [2.75, 3.05) is 17.9 Å². The lowest BCUT2D eigenvalue weighted by molar-refractivity contribution is 0.263. The molecule has 4 rings (SSSR count). The van der Waals surface area contributed by atoms with Gasteiger partial charge < -0.3 is 14.8 Å². The maximum Gasteiger partial charge on any atom is 0.290 e. The number of ether oxygens (including phenoxy) is 2. The predicted octanol–water partition coefficient (Wildman–Crippen LogP) is 2.78. The van der Waals surface area contributed by atoms with E-state index in [1.165, 1.54) is 0 Å². The first-order valence-corrected chi connectivity index (χ1v) is 10.4. The van der Waals surface area contributed by atoms with Crippen LogP contribution in [0.1, 0.15) is 18.4 Å². The molecular formula is C19H21N3O4S. The maximum atomic E-state index is 12.0. The molecule has 0 aromatic heterocycles. The molecule has 2 aromatic carbocycles. The summed E-state index contributed by atoms with van der Waals surface area (Å²) < 4.78 is 37.9. The van der Waals surface area contributed by atoms with Crippen molar-refractivity contribution in [1.29, 1.82) is 0 Å². The Balaban J connectivity index is 1.32. The Labute approximate surface area is 158 Å². The van der Waals surface area contributed by atoms with Gasteiger partial charge in [0.15, 0.2) is 0 Å². The van der Waals surface area contributed by atoms with E-state index in [9.17, 15) is 8.42 Å². The normalized spacial score (nSPS) is 15.9. The highest BCUT2D eigenvalue weighted by atomic mass is 32.2. The minimum Gasteiger partial charge on any atom is -0.492 e.